The molecule has 2 fully saturated rings. The molecular formula is C13H22N2O3. The van der Waals surface area contributed by atoms with E-state index in [1.807, 2.05) is 16.8 Å². The van der Waals surface area contributed by atoms with Gasteiger partial charge in [0.25, 0.3) is 0 Å². The van der Waals surface area contributed by atoms with Crippen LogP contribution in [0.3, 0.4) is 0 Å². The van der Waals surface area contributed by atoms with Crippen molar-refractivity contribution in [2.24, 2.45) is 5.92 Å². The van der Waals surface area contributed by atoms with Gasteiger partial charge < -0.3 is 10.0 Å². The fraction of sp³-hybridized carbons (Fsp3) is 0.846. The SMILES string of the molecule is CN(C(=O)CN1CC(C(=O)O)C1)C1CCCCC1. The predicted octanol–water partition coefficient (Wildman–Crippen LogP) is 0.794. The van der Waals surface area contributed by atoms with Crippen molar-refractivity contribution in [1.29, 1.82) is 0 Å². The highest BCUT2D eigenvalue weighted by atomic mass is 16.4. The summed E-state index contributed by atoms with van der Waals surface area (Å²) in [6.45, 7) is 1.40. The van der Waals surface area contributed by atoms with Crippen molar-refractivity contribution in [2.75, 3.05) is 26.7 Å². The lowest BCUT2D eigenvalue weighted by molar-refractivity contribution is -0.150. The Morgan fingerprint density at radius 3 is 2.39 bits per heavy atom. The van der Waals surface area contributed by atoms with Crippen molar-refractivity contribution >= 4 is 11.9 Å². The van der Waals surface area contributed by atoms with Crippen molar-refractivity contribution in [3.8, 4) is 0 Å². The van der Waals surface area contributed by atoms with Crippen molar-refractivity contribution < 1.29 is 14.7 Å². The fourth-order valence-electron chi connectivity index (χ4n) is 2.83. The number of carbonyl (C=O) groups is 2. The summed E-state index contributed by atoms with van der Waals surface area (Å²) < 4.78 is 0. The normalized spacial score (nSPS) is 22.5. The second-order valence-corrected chi connectivity index (χ2v) is 5.53. The number of hydrogen-bond donors (Lipinski definition) is 1. The van der Waals surface area contributed by atoms with Crippen LogP contribution in [0.5, 0.6) is 0 Å². The van der Waals surface area contributed by atoms with E-state index in [4.69, 9.17) is 5.11 Å². The predicted molar refractivity (Wildman–Crippen MR) is 67.2 cm³/mol. The molecule has 1 aliphatic carbocycles. The van der Waals surface area contributed by atoms with Crippen LogP contribution in [-0.4, -0.2) is 59.5 Å². The van der Waals surface area contributed by atoms with Crippen molar-refractivity contribution in [1.82, 2.24) is 9.80 Å². The van der Waals surface area contributed by atoms with Crippen LogP contribution in [0.1, 0.15) is 32.1 Å². The molecule has 0 radical (unpaired) electrons. The molecule has 2 rings (SSSR count). The first-order valence-electron chi connectivity index (χ1n) is 6.78. The van der Waals surface area contributed by atoms with Gasteiger partial charge in [0.15, 0.2) is 0 Å². The number of carboxylic acids is 1. The maximum Gasteiger partial charge on any atom is 0.309 e. The third-order valence-electron chi connectivity index (χ3n) is 4.18. The van der Waals surface area contributed by atoms with E-state index in [0.29, 0.717) is 25.7 Å². The molecule has 5 heteroatoms. The van der Waals surface area contributed by atoms with Crippen molar-refractivity contribution in [2.45, 2.75) is 38.1 Å². The number of nitrogens with zero attached hydrogens (tertiary/aromatic N) is 2. The van der Waals surface area contributed by atoms with Crippen LogP contribution in [0.25, 0.3) is 0 Å². The van der Waals surface area contributed by atoms with E-state index >= 15 is 0 Å². The lowest BCUT2D eigenvalue weighted by atomic mass is 9.94. The van der Waals surface area contributed by atoms with E-state index in [1.165, 1.54) is 19.3 Å². The lowest BCUT2D eigenvalue weighted by Gasteiger charge is -2.38. The molecule has 0 bridgehead atoms. The lowest BCUT2D eigenvalue weighted by Crippen LogP contribution is -2.54. The van der Waals surface area contributed by atoms with Crippen LogP contribution in [0.15, 0.2) is 0 Å². The third kappa shape index (κ3) is 3.02. The van der Waals surface area contributed by atoms with Gasteiger partial charge in [-0.05, 0) is 12.8 Å². The van der Waals surface area contributed by atoms with Crippen molar-refractivity contribution in [3.05, 3.63) is 0 Å². The zero-order valence-electron chi connectivity index (χ0n) is 11.0. The molecule has 0 atom stereocenters. The Bertz CT molecular complexity index is 320. The number of amides is 1. The maximum absolute atomic E-state index is 12.1. The summed E-state index contributed by atoms with van der Waals surface area (Å²) in [6.07, 6.45) is 5.94. The summed E-state index contributed by atoms with van der Waals surface area (Å²) >= 11 is 0. The molecule has 0 aromatic rings. The van der Waals surface area contributed by atoms with Crippen molar-refractivity contribution in [3.63, 3.8) is 0 Å². The first-order chi connectivity index (χ1) is 8.58. The Hall–Kier alpha value is -1.10. The average Bonchev–Trinajstić information content (AvgIpc) is 2.32. The highest BCUT2D eigenvalue weighted by Gasteiger charge is 2.34. The van der Waals surface area contributed by atoms with E-state index in [-0.39, 0.29) is 11.8 Å². The molecule has 0 aromatic heterocycles. The van der Waals surface area contributed by atoms with Crippen LogP contribution >= 0.6 is 0 Å². The zero-order chi connectivity index (χ0) is 13.1. The van der Waals surface area contributed by atoms with E-state index in [2.05, 4.69) is 0 Å². The smallest absolute Gasteiger partial charge is 0.309 e. The van der Waals surface area contributed by atoms with Gasteiger partial charge in [0, 0.05) is 26.2 Å². The van der Waals surface area contributed by atoms with Gasteiger partial charge in [-0.3, -0.25) is 14.5 Å². The van der Waals surface area contributed by atoms with Crippen LogP contribution in [0, 0.1) is 5.92 Å². The Balaban J connectivity index is 1.73. The van der Waals surface area contributed by atoms with E-state index in [9.17, 15) is 9.59 Å². The minimum atomic E-state index is -0.751. The minimum Gasteiger partial charge on any atom is -0.481 e. The second kappa shape index (κ2) is 5.69. The number of carbonyl (C=O) groups excluding carboxylic acids is 1. The van der Waals surface area contributed by atoms with Crippen LogP contribution < -0.4 is 0 Å². The Morgan fingerprint density at radius 2 is 1.83 bits per heavy atom. The quantitative estimate of drug-likeness (QED) is 0.806. The summed E-state index contributed by atoms with van der Waals surface area (Å²) in [5.74, 6) is -0.900. The monoisotopic (exact) mass is 254 g/mol. The first-order valence-corrected chi connectivity index (χ1v) is 6.78. The van der Waals surface area contributed by atoms with Gasteiger partial charge in [-0.15, -0.1) is 0 Å². The molecule has 1 heterocycles. The molecule has 1 aliphatic heterocycles. The van der Waals surface area contributed by atoms with Gasteiger partial charge in [0.05, 0.1) is 12.5 Å². The molecule has 18 heavy (non-hydrogen) atoms. The van der Waals surface area contributed by atoms with Gasteiger partial charge >= 0.3 is 5.97 Å². The van der Waals surface area contributed by atoms with Gasteiger partial charge in [0.2, 0.25) is 5.91 Å². The van der Waals surface area contributed by atoms with Gasteiger partial charge in [-0.25, -0.2) is 0 Å². The van der Waals surface area contributed by atoms with E-state index in [1.54, 1.807) is 0 Å². The molecular weight excluding hydrogens is 232 g/mol. The summed E-state index contributed by atoms with van der Waals surface area (Å²) in [7, 11) is 1.88. The molecule has 102 valence electrons. The number of likely N-dealkylation sites (N-methyl/N-ethyl adjacent to an activating group) is 1. The summed E-state index contributed by atoms with van der Waals surface area (Å²) in [6, 6.07) is 0.391. The van der Waals surface area contributed by atoms with E-state index < -0.39 is 5.97 Å². The molecule has 0 spiro atoms. The molecule has 0 unspecified atom stereocenters. The minimum absolute atomic E-state index is 0.130. The largest absolute Gasteiger partial charge is 0.481 e. The number of likely N-dealkylation sites (tertiary alicyclic amines) is 1. The maximum atomic E-state index is 12.1. The van der Waals surface area contributed by atoms with Crippen LogP contribution in [-0.2, 0) is 9.59 Å². The number of rotatable bonds is 4. The standard InChI is InChI=1S/C13H22N2O3/c1-14(11-5-3-2-4-6-11)12(16)9-15-7-10(8-15)13(17)18/h10-11H,2-9H2,1H3,(H,17,18). The Labute approximate surface area is 108 Å². The number of aliphatic carboxylic acids is 1. The van der Waals surface area contributed by atoms with Crippen LogP contribution in [0.2, 0.25) is 0 Å². The molecule has 2 aliphatic rings. The Morgan fingerprint density at radius 1 is 1.22 bits per heavy atom. The number of hydrogen-bond acceptors (Lipinski definition) is 3. The fourth-order valence-corrected chi connectivity index (χ4v) is 2.83. The van der Waals surface area contributed by atoms with Crippen LogP contribution in [0.4, 0.5) is 0 Å². The molecule has 5 nitrogen and oxygen atoms in total. The summed E-state index contributed by atoms with van der Waals surface area (Å²) in [5.41, 5.74) is 0. The highest BCUT2D eigenvalue weighted by molar-refractivity contribution is 5.79. The van der Waals surface area contributed by atoms with Gasteiger partial charge in [0.1, 0.15) is 0 Å². The topological polar surface area (TPSA) is 60.9 Å². The third-order valence-corrected chi connectivity index (χ3v) is 4.18. The average molecular weight is 254 g/mol. The molecule has 0 aromatic carbocycles. The second-order valence-electron chi connectivity index (χ2n) is 5.53. The summed E-state index contributed by atoms with van der Waals surface area (Å²) in [4.78, 5) is 26.5. The molecule has 1 amide bonds. The summed E-state index contributed by atoms with van der Waals surface area (Å²) in [5, 5.41) is 8.78. The Kier molecular flexibility index (Phi) is 4.22. The zero-order valence-corrected chi connectivity index (χ0v) is 11.0. The first kappa shape index (κ1) is 13.3. The van der Waals surface area contributed by atoms with Gasteiger partial charge in [-0.2, -0.15) is 0 Å². The highest BCUT2D eigenvalue weighted by Crippen LogP contribution is 2.22. The molecule has 1 saturated heterocycles. The van der Waals surface area contributed by atoms with Gasteiger partial charge in [-0.1, -0.05) is 19.3 Å². The van der Waals surface area contributed by atoms with E-state index in [0.717, 1.165) is 12.8 Å². The number of carboxylic acid groups (broad SMARTS) is 1. The molecule has 1 N–H and O–H groups in total. The molecule has 1 saturated carbocycles.